The molecule has 2 rings (SSSR count). The van der Waals surface area contributed by atoms with E-state index in [9.17, 15) is 4.39 Å². The molecular weight excluding hydrogens is 243 g/mol. The number of ether oxygens (including phenoxy) is 1. The van der Waals surface area contributed by atoms with E-state index in [2.05, 4.69) is 11.8 Å². The Morgan fingerprint density at radius 3 is 2.63 bits per heavy atom. The van der Waals surface area contributed by atoms with Gasteiger partial charge in [0.15, 0.2) is 0 Å². The largest absolute Gasteiger partial charge is 0.381 e. The van der Waals surface area contributed by atoms with Crippen LogP contribution in [-0.2, 0) is 4.74 Å². The van der Waals surface area contributed by atoms with E-state index in [1.165, 1.54) is 6.07 Å². The maximum atomic E-state index is 14.0. The van der Waals surface area contributed by atoms with Crippen molar-refractivity contribution in [1.29, 1.82) is 0 Å². The zero-order valence-electron chi connectivity index (χ0n) is 11.5. The lowest BCUT2D eigenvalue weighted by Crippen LogP contribution is -2.47. The maximum absolute atomic E-state index is 14.0. The molecule has 1 unspecified atom stereocenters. The number of nitrogens with zero attached hydrogens (tertiary/aromatic N) is 1. The van der Waals surface area contributed by atoms with Crippen molar-refractivity contribution in [3.8, 4) is 0 Å². The van der Waals surface area contributed by atoms with Gasteiger partial charge in [-0.2, -0.15) is 0 Å². The van der Waals surface area contributed by atoms with Gasteiger partial charge in [0.1, 0.15) is 5.82 Å². The summed E-state index contributed by atoms with van der Waals surface area (Å²) in [5, 5.41) is 0. The van der Waals surface area contributed by atoms with E-state index < -0.39 is 0 Å². The van der Waals surface area contributed by atoms with Crippen molar-refractivity contribution >= 4 is 5.69 Å². The van der Waals surface area contributed by atoms with E-state index in [0.717, 1.165) is 32.6 Å². The standard InChI is InChI=1S/C15H23FN2O/c1-2-18(14-6-4-3-5-13(14)16)15(11-17)12-7-9-19-10-8-12/h3-6,12,15H,2,7-11,17H2,1H3. The molecule has 0 aliphatic carbocycles. The summed E-state index contributed by atoms with van der Waals surface area (Å²) in [5.41, 5.74) is 6.62. The van der Waals surface area contributed by atoms with Gasteiger partial charge in [0, 0.05) is 32.3 Å². The smallest absolute Gasteiger partial charge is 0.146 e. The summed E-state index contributed by atoms with van der Waals surface area (Å²) in [4.78, 5) is 2.10. The van der Waals surface area contributed by atoms with E-state index in [4.69, 9.17) is 10.5 Å². The van der Waals surface area contributed by atoms with Crippen LogP contribution in [0.15, 0.2) is 24.3 Å². The molecule has 0 radical (unpaired) electrons. The molecule has 0 amide bonds. The van der Waals surface area contributed by atoms with Crippen molar-refractivity contribution in [2.24, 2.45) is 11.7 Å². The van der Waals surface area contributed by atoms with Gasteiger partial charge in [-0.05, 0) is 37.8 Å². The van der Waals surface area contributed by atoms with Crippen LogP contribution in [0.5, 0.6) is 0 Å². The third-order valence-electron chi connectivity index (χ3n) is 3.95. The summed E-state index contributed by atoms with van der Waals surface area (Å²) in [6.07, 6.45) is 2.01. The Labute approximate surface area is 114 Å². The molecule has 2 N–H and O–H groups in total. The number of hydrogen-bond acceptors (Lipinski definition) is 3. The minimum atomic E-state index is -0.171. The van der Waals surface area contributed by atoms with Crippen molar-refractivity contribution in [2.75, 3.05) is 31.2 Å². The van der Waals surface area contributed by atoms with Crippen molar-refractivity contribution in [1.82, 2.24) is 0 Å². The Bertz CT molecular complexity index is 393. The number of likely N-dealkylation sites (N-methyl/N-ethyl adjacent to an activating group) is 1. The number of anilines is 1. The first-order valence-corrected chi connectivity index (χ1v) is 7.07. The molecule has 1 saturated heterocycles. The van der Waals surface area contributed by atoms with Crippen molar-refractivity contribution in [3.05, 3.63) is 30.1 Å². The highest BCUT2D eigenvalue weighted by Gasteiger charge is 2.28. The second-order valence-corrected chi connectivity index (χ2v) is 4.99. The normalized spacial score (nSPS) is 18.3. The van der Waals surface area contributed by atoms with Crippen LogP contribution in [0.1, 0.15) is 19.8 Å². The van der Waals surface area contributed by atoms with E-state index >= 15 is 0 Å². The quantitative estimate of drug-likeness (QED) is 0.889. The molecule has 0 aromatic heterocycles. The molecule has 1 fully saturated rings. The van der Waals surface area contributed by atoms with Gasteiger partial charge in [-0.3, -0.25) is 0 Å². The van der Waals surface area contributed by atoms with Crippen molar-refractivity contribution < 1.29 is 9.13 Å². The molecule has 3 nitrogen and oxygen atoms in total. The molecule has 4 heteroatoms. The summed E-state index contributed by atoms with van der Waals surface area (Å²) < 4.78 is 19.4. The Kier molecular flexibility index (Phi) is 5.16. The van der Waals surface area contributed by atoms with Crippen LogP contribution in [0.2, 0.25) is 0 Å². The summed E-state index contributed by atoms with van der Waals surface area (Å²) >= 11 is 0. The first-order valence-electron chi connectivity index (χ1n) is 7.07. The van der Waals surface area contributed by atoms with Crippen molar-refractivity contribution in [3.63, 3.8) is 0 Å². The fourth-order valence-electron chi connectivity index (χ4n) is 2.94. The average molecular weight is 266 g/mol. The first-order chi connectivity index (χ1) is 9.27. The van der Waals surface area contributed by atoms with Gasteiger partial charge in [0.05, 0.1) is 5.69 Å². The summed E-state index contributed by atoms with van der Waals surface area (Å²) in [6, 6.07) is 7.12. The third-order valence-corrected chi connectivity index (χ3v) is 3.95. The number of benzene rings is 1. The summed E-state index contributed by atoms with van der Waals surface area (Å²) in [6.45, 7) is 4.94. The van der Waals surface area contributed by atoms with Crippen LogP contribution >= 0.6 is 0 Å². The van der Waals surface area contributed by atoms with Crippen LogP contribution in [0.4, 0.5) is 10.1 Å². The SMILES string of the molecule is CCN(c1ccccc1F)C(CN)C1CCOCC1. The number of hydrogen-bond donors (Lipinski definition) is 1. The molecule has 1 aliphatic rings. The van der Waals surface area contributed by atoms with E-state index in [0.29, 0.717) is 18.2 Å². The van der Waals surface area contributed by atoms with E-state index in [1.54, 1.807) is 6.07 Å². The number of rotatable bonds is 5. The van der Waals surface area contributed by atoms with Gasteiger partial charge < -0.3 is 15.4 Å². The molecule has 106 valence electrons. The second-order valence-electron chi connectivity index (χ2n) is 4.99. The van der Waals surface area contributed by atoms with Crippen LogP contribution < -0.4 is 10.6 Å². The lowest BCUT2D eigenvalue weighted by Gasteiger charge is -2.39. The highest BCUT2D eigenvalue weighted by Crippen LogP contribution is 2.28. The van der Waals surface area contributed by atoms with Gasteiger partial charge >= 0.3 is 0 Å². The molecule has 0 spiro atoms. The maximum Gasteiger partial charge on any atom is 0.146 e. The van der Waals surface area contributed by atoms with Gasteiger partial charge in [-0.1, -0.05) is 12.1 Å². The topological polar surface area (TPSA) is 38.5 Å². The third kappa shape index (κ3) is 3.25. The molecule has 1 heterocycles. The predicted molar refractivity (Wildman–Crippen MR) is 75.8 cm³/mol. The van der Waals surface area contributed by atoms with Crippen LogP contribution in [0.25, 0.3) is 0 Å². The Morgan fingerprint density at radius 2 is 2.05 bits per heavy atom. The number of halogens is 1. The van der Waals surface area contributed by atoms with Crippen LogP contribution in [0.3, 0.4) is 0 Å². The molecule has 0 bridgehead atoms. The lowest BCUT2D eigenvalue weighted by molar-refractivity contribution is 0.0583. The van der Waals surface area contributed by atoms with Gasteiger partial charge in [-0.15, -0.1) is 0 Å². The predicted octanol–water partition coefficient (Wildman–Crippen LogP) is 2.41. The van der Waals surface area contributed by atoms with Gasteiger partial charge in [0.25, 0.3) is 0 Å². The van der Waals surface area contributed by atoms with Crippen molar-refractivity contribution in [2.45, 2.75) is 25.8 Å². The zero-order chi connectivity index (χ0) is 13.7. The van der Waals surface area contributed by atoms with Gasteiger partial charge in [0.2, 0.25) is 0 Å². The molecule has 19 heavy (non-hydrogen) atoms. The van der Waals surface area contributed by atoms with E-state index in [-0.39, 0.29) is 11.9 Å². The highest BCUT2D eigenvalue weighted by atomic mass is 19.1. The molecule has 0 saturated carbocycles. The minimum Gasteiger partial charge on any atom is -0.381 e. The highest BCUT2D eigenvalue weighted by molar-refractivity contribution is 5.48. The van der Waals surface area contributed by atoms with Crippen LogP contribution in [0, 0.1) is 11.7 Å². The zero-order valence-corrected chi connectivity index (χ0v) is 11.5. The van der Waals surface area contributed by atoms with Gasteiger partial charge in [-0.25, -0.2) is 4.39 Å². The molecular formula is C15H23FN2O. The monoisotopic (exact) mass is 266 g/mol. The van der Waals surface area contributed by atoms with E-state index in [1.807, 2.05) is 12.1 Å². The molecule has 1 aromatic carbocycles. The minimum absolute atomic E-state index is 0.171. The number of para-hydroxylation sites is 1. The second kappa shape index (κ2) is 6.87. The fourth-order valence-corrected chi connectivity index (χ4v) is 2.94. The average Bonchev–Trinajstić information content (AvgIpc) is 2.46. The lowest BCUT2D eigenvalue weighted by atomic mass is 9.90. The summed E-state index contributed by atoms with van der Waals surface area (Å²) in [7, 11) is 0. The molecule has 1 atom stereocenters. The Balaban J connectivity index is 2.20. The fraction of sp³-hybridized carbons (Fsp3) is 0.600. The van der Waals surface area contributed by atoms with Crippen LogP contribution in [-0.4, -0.2) is 32.3 Å². The first kappa shape index (κ1) is 14.3. The number of nitrogens with two attached hydrogens (primary N) is 1. The summed E-state index contributed by atoms with van der Waals surface area (Å²) in [5.74, 6) is 0.313. The Hall–Kier alpha value is -1.13. The molecule has 1 aromatic rings. The molecule has 1 aliphatic heterocycles. The Morgan fingerprint density at radius 1 is 1.37 bits per heavy atom.